The van der Waals surface area contributed by atoms with Crippen molar-refractivity contribution in [1.82, 2.24) is 9.55 Å². The van der Waals surface area contributed by atoms with Crippen molar-refractivity contribution in [2.45, 2.75) is 32.3 Å². The van der Waals surface area contributed by atoms with E-state index in [0.29, 0.717) is 0 Å². The van der Waals surface area contributed by atoms with Gasteiger partial charge in [0, 0.05) is 26.5 Å². The van der Waals surface area contributed by atoms with E-state index in [1.54, 1.807) is 0 Å². The summed E-state index contributed by atoms with van der Waals surface area (Å²) in [6, 6.07) is 1.19. The summed E-state index contributed by atoms with van der Waals surface area (Å²) in [5, 5.41) is 9.70. The normalized spacial score (nSPS) is 14.7. The predicted molar refractivity (Wildman–Crippen MR) is 79.0 cm³/mol. The van der Waals surface area contributed by atoms with Gasteiger partial charge in [-0.25, -0.2) is 4.79 Å². The summed E-state index contributed by atoms with van der Waals surface area (Å²) in [6.07, 6.45) is 0.0541. The third-order valence-corrected chi connectivity index (χ3v) is 5.03. The molecule has 1 heterocycles. The van der Waals surface area contributed by atoms with Crippen LogP contribution in [0.4, 0.5) is 0 Å². The number of aromatic amines is 1. The van der Waals surface area contributed by atoms with Gasteiger partial charge in [-0.05, 0) is 13.3 Å². The lowest BCUT2D eigenvalue weighted by atomic mass is 10.2. The summed E-state index contributed by atoms with van der Waals surface area (Å²) in [6.45, 7) is 1.36. The first kappa shape index (κ1) is 18.8. The van der Waals surface area contributed by atoms with Gasteiger partial charge in [-0.15, -0.1) is 0 Å². The van der Waals surface area contributed by atoms with Crippen LogP contribution in [0.25, 0.3) is 0 Å². The second-order valence-electron chi connectivity index (χ2n) is 4.64. The molecule has 0 amide bonds. The van der Waals surface area contributed by atoms with E-state index in [1.807, 2.05) is 0 Å². The molecule has 0 aliphatic heterocycles. The van der Waals surface area contributed by atoms with Crippen LogP contribution < -0.4 is 11.2 Å². The average Bonchev–Trinajstić information content (AvgIpc) is 2.48. The molecular formula is C12H21N2O7P. The number of rotatable bonds is 9. The smallest absolute Gasteiger partial charge is 0.330 e. The number of H-pyrrole nitrogens is 1. The van der Waals surface area contributed by atoms with E-state index < -0.39 is 31.1 Å². The standard InChI is InChI=1S/C12H21N2O7P/c1-9(15)10(5-7-22(18,19-2)20-3)21-8-14-6-4-11(16)13-12(14)17/h4,6,9-10,15H,5,7-8H2,1-3H3,(H,13,16,17)/t9-,10+/m0/s1. The SMILES string of the molecule is COP(=O)(CC[C@@H](OCn1ccc(=O)[nH]c1=O)[C@H](C)O)OC. The van der Waals surface area contributed by atoms with Crippen molar-refractivity contribution in [2.75, 3.05) is 20.4 Å². The Labute approximate surface area is 127 Å². The second-order valence-corrected chi connectivity index (χ2v) is 7.04. The van der Waals surface area contributed by atoms with E-state index in [9.17, 15) is 19.3 Å². The average molecular weight is 336 g/mol. The van der Waals surface area contributed by atoms with Crippen LogP contribution in [-0.2, 0) is 25.1 Å². The summed E-state index contributed by atoms with van der Waals surface area (Å²) < 4.78 is 28.2. The van der Waals surface area contributed by atoms with Gasteiger partial charge in [0.2, 0.25) is 0 Å². The number of ether oxygens (including phenoxy) is 1. The van der Waals surface area contributed by atoms with E-state index in [2.05, 4.69) is 4.98 Å². The molecule has 0 aliphatic rings. The fraction of sp³-hybridized carbons (Fsp3) is 0.667. The van der Waals surface area contributed by atoms with Gasteiger partial charge >= 0.3 is 13.3 Å². The third kappa shape index (κ3) is 5.51. The second kappa shape index (κ2) is 8.40. The van der Waals surface area contributed by atoms with E-state index >= 15 is 0 Å². The molecule has 126 valence electrons. The molecule has 0 aliphatic carbocycles. The molecule has 2 atom stereocenters. The van der Waals surface area contributed by atoms with Crippen molar-refractivity contribution in [3.05, 3.63) is 33.1 Å². The lowest BCUT2D eigenvalue weighted by Gasteiger charge is -2.22. The van der Waals surface area contributed by atoms with Gasteiger partial charge < -0.3 is 18.9 Å². The number of nitrogens with one attached hydrogen (secondary N) is 1. The predicted octanol–water partition coefficient (Wildman–Crippen LogP) is 0.136. The maximum Gasteiger partial charge on any atom is 0.330 e. The minimum Gasteiger partial charge on any atom is -0.391 e. The molecule has 1 rings (SSSR count). The van der Waals surface area contributed by atoms with Crippen molar-refractivity contribution in [1.29, 1.82) is 0 Å². The van der Waals surface area contributed by atoms with Crippen LogP contribution in [0, 0.1) is 0 Å². The molecule has 22 heavy (non-hydrogen) atoms. The molecule has 0 bridgehead atoms. The van der Waals surface area contributed by atoms with Crippen molar-refractivity contribution >= 4 is 7.60 Å². The van der Waals surface area contributed by atoms with E-state index in [0.717, 1.165) is 4.57 Å². The largest absolute Gasteiger partial charge is 0.391 e. The Kier molecular flexibility index (Phi) is 7.18. The van der Waals surface area contributed by atoms with Crippen LogP contribution >= 0.6 is 7.60 Å². The summed E-state index contributed by atoms with van der Waals surface area (Å²) >= 11 is 0. The fourth-order valence-corrected chi connectivity index (χ4v) is 2.81. The number of aromatic nitrogens is 2. The van der Waals surface area contributed by atoms with Crippen molar-refractivity contribution in [2.24, 2.45) is 0 Å². The maximum atomic E-state index is 12.0. The Balaban J connectivity index is 2.67. The molecule has 2 N–H and O–H groups in total. The highest BCUT2D eigenvalue weighted by Crippen LogP contribution is 2.47. The van der Waals surface area contributed by atoms with Crippen LogP contribution in [0.2, 0.25) is 0 Å². The van der Waals surface area contributed by atoms with E-state index in [-0.39, 0.29) is 19.3 Å². The van der Waals surface area contributed by atoms with Crippen molar-refractivity contribution in [3.63, 3.8) is 0 Å². The zero-order valence-corrected chi connectivity index (χ0v) is 13.6. The Hall–Kier alpha value is -1.25. The zero-order valence-electron chi connectivity index (χ0n) is 12.7. The molecule has 1 aromatic heterocycles. The first-order valence-corrected chi connectivity index (χ1v) is 8.34. The topological polar surface area (TPSA) is 120 Å². The van der Waals surface area contributed by atoms with Gasteiger partial charge in [-0.1, -0.05) is 0 Å². The number of aliphatic hydroxyl groups excluding tert-OH is 1. The van der Waals surface area contributed by atoms with E-state index in [4.69, 9.17) is 13.8 Å². The highest BCUT2D eigenvalue weighted by Gasteiger charge is 2.25. The fourth-order valence-electron chi connectivity index (χ4n) is 1.73. The Morgan fingerprint density at radius 3 is 2.50 bits per heavy atom. The molecule has 0 spiro atoms. The van der Waals surface area contributed by atoms with Crippen LogP contribution in [0.5, 0.6) is 0 Å². The maximum absolute atomic E-state index is 12.0. The highest BCUT2D eigenvalue weighted by molar-refractivity contribution is 7.53. The van der Waals surface area contributed by atoms with Gasteiger partial charge in [0.05, 0.1) is 18.4 Å². The van der Waals surface area contributed by atoms with Crippen LogP contribution in [0.15, 0.2) is 21.9 Å². The molecule has 0 aromatic carbocycles. The number of aliphatic hydroxyl groups is 1. The Morgan fingerprint density at radius 1 is 1.36 bits per heavy atom. The minimum atomic E-state index is -3.19. The Morgan fingerprint density at radius 2 is 2.00 bits per heavy atom. The number of hydrogen-bond donors (Lipinski definition) is 2. The molecule has 0 unspecified atom stereocenters. The molecule has 9 nitrogen and oxygen atoms in total. The van der Waals surface area contributed by atoms with Gasteiger partial charge in [-0.3, -0.25) is 18.9 Å². The monoisotopic (exact) mass is 336 g/mol. The van der Waals surface area contributed by atoms with E-state index in [1.165, 1.54) is 33.4 Å². The molecule has 0 fully saturated rings. The molecular weight excluding hydrogens is 315 g/mol. The molecule has 1 aromatic rings. The summed E-state index contributed by atoms with van der Waals surface area (Å²) in [5.41, 5.74) is -1.12. The number of hydrogen-bond acceptors (Lipinski definition) is 7. The summed E-state index contributed by atoms with van der Waals surface area (Å²) in [7, 11) is -0.633. The first-order chi connectivity index (χ1) is 10.3. The lowest BCUT2D eigenvalue weighted by molar-refractivity contribution is -0.0611. The van der Waals surface area contributed by atoms with Gasteiger partial charge in [0.15, 0.2) is 0 Å². The Bertz CT molecular complexity index is 616. The van der Waals surface area contributed by atoms with Crippen LogP contribution in [-0.4, -0.2) is 47.2 Å². The van der Waals surface area contributed by atoms with Gasteiger partial charge in [0.1, 0.15) is 6.73 Å². The quantitative estimate of drug-likeness (QED) is 0.615. The van der Waals surface area contributed by atoms with Gasteiger partial charge in [-0.2, -0.15) is 0 Å². The molecule has 0 radical (unpaired) electrons. The lowest BCUT2D eigenvalue weighted by Crippen LogP contribution is -2.33. The van der Waals surface area contributed by atoms with Gasteiger partial charge in [0.25, 0.3) is 5.56 Å². The van der Waals surface area contributed by atoms with Crippen molar-refractivity contribution < 1.29 is 23.5 Å². The molecule has 0 saturated heterocycles. The number of nitrogens with zero attached hydrogens (tertiary/aromatic N) is 1. The van der Waals surface area contributed by atoms with Crippen molar-refractivity contribution in [3.8, 4) is 0 Å². The van der Waals surface area contributed by atoms with Crippen LogP contribution in [0.1, 0.15) is 13.3 Å². The molecule has 0 saturated carbocycles. The molecule has 10 heteroatoms. The van der Waals surface area contributed by atoms with Crippen LogP contribution in [0.3, 0.4) is 0 Å². The zero-order chi connectivity index (χ0) is 16.8. The minimum absolute atomic E-state index is 0.0656. The summed E-state index contributed by atoms with van der Waals surface area (Å²) in [5.74, 6) is 0. The first-order valence-electron chi connectivity index (χ1n) is 6.61. The summed E-state index contributed by atoms with van der Waals surface area (Å²) in [4.78, 5) is 24.6. The highest BCUT2D eigenvalue weighted by atomic mass is 31.2. The third-order valence-electron chi connectivity index (χ3n) is 3.11.